The number of methoxy groups -OCH3 is 1. The number of nitrogens with zero attached hydrogens (tertiary/aromatic N) is 2. The average molecular weight is 355 g/mol. The van der Waals surface area contributed by atoms with Gasteiger partial charge >= 0.3 is 0 Å². The fourth-order valence-corrected chi connectivity index (χ4v) is 3.27. The lowest BCUT2D eigenvalue weighted by Gasteiger charge is -2.38. The van der Waals surface area contributed by atoms with Crippen molar-refractivity contribution < 1.29 is 9.53 Å². The van der Waals surface area contributed by atoms with Crippen LogP contribution in [0.1, 0.15) is 23.7 Å². The highest BCUT2D eigenvalue weighted by Crippen LogP contribution is 2.25. The minimum absolute atomic E-state index is 0.165. The van der Waals surface area contributed by atoms with Crippen molar-refractivity contribution in [3.8, 4) is 5.75 Å². The molecular weight excluding hydrogens is 332 g/mol. The summed E-state index contributed by atoms with van der Waals surface area (Å²) in [7, 11) is 3.78. The van der Waals surface area contributed by atoms with Crippen LogP contribution in [-0.2, 0) is 0 Å². The first-order chi connectivity index (χ1) is 10.0. The number of carbonyl (C=O) groups is 1. The first-order valence-electron chi connectivity index (χ1n) is 7.34. The van der Waals surface area contributed by atoms with Gasteiger partial charge in [-0.3, -0.25) is 9.69 Å². The first kappa shape index (κ1) is 16.5. The number of carbonyl (C=O) groups excluding carboxylic acids is 1. The molecule has 1 unspecified atom stereocenters. The van der Waals surface area contributed by atoms with Crippen LogP contribution in [0.5, 0.6) is 5.75 Å². The van der Waals surface area contributed by atoms with E-state index in [1.54, 1.807) is 7.11 Å². The zero-order valence-electron chi connectivity index (χ0n) is 12.9. The predicted octanol–water partition coefficient (Wildman–Crippen LogP) is 2.67. The van der Waals surface area contributed by atoms with Crippen LogP contribution in [0.2, 0.25) is 0 Å². The summed E-state index contributed by atoms with van der Waals surface area (Å²) in [5.41, 5.74) is 0.731. The van der Waals surface area contributed by atoms with Crippen molar-refractivity contribution in [2.45, 2.75) is 19.4 Å². The molecule has 116 valence electrons. The van der Waals surface area contributed by atoms with Crippen LogP contribution in [0.25, 0.3) is 0 Å². The number of likely N-dealkylation sites (N-methyl/N-ethyl adjacent to an activating group) is 1. The van der Waals surface area contributed by atoms with Crippen LogP contribution in [0.3, 0.4) is 0 Å². The minimum Gasteiger partial charge on any atom is -0.496 e. The topological polar surface area (TPSA) is 32.8 Å². The third-order valence-corrected chi connectivity index (χ3v) is 4.79. The summed E-state index contributed by atoms with van der Waals surface area (Å²) in [4.78, 5) is 17.1. The molecule has 5 heteroatoms. The molecular formula is C16H23BrN2O2. The van der Waals surface area contributed by atoms with E-state index < -0.39 is 0 Å². The molecule has 1 atom stereocenters. The van der Waals surface area contributed by atoms with Gasteiger partial charge in [-0.05, 0) is 47.6 Å². The Morgan fingerprint density at radius 1 is 1.43 bits per heavy atom. The van der Waals surface area contributed by atoms with Gasteiger partial charge in [0.1, 0.15) is 5.75 Å². The highest BCUT2D eigenvalue weighted by Gasteiger charge is 2.24. The molecule has 0 amide bonds. The zero-order valence-corrected chi connectivity index (χ0v) is 14.5. The number of ketones is 1. The van der Waals surface area contributed by atoms with Crippen LogP contribution in [0.4, 0.5) is 0 Å². The SMILES string of the molecule is CCC1CN(CC(=O)c2ccc(OC)c(Br)c2)CCN1C. The molecule has 1 aromatic carbocycles. The maximum Gasteiger partial charge on any atom is 0.176 e. The number of hydrogen-bond acceptors (Lipinski definition) is 4. The van der Waals surface area contributed by atoms with Gasteiger partial charge in [0, 0.05) is 31.2 Å². The molecule has 1 aliphatic heterocycles. The highest BCUT2D eigenvalue weighted by molar-refractivity contribution is 9.10. The lowest BCUT2D eigenvalue weighted by atomic mass is 10.1. The molecule has 1 aliphatic rings. The molecule has 4 nitrogen and oxygen atoms in total. The minimum atomic E-state index is 0.165. The van der Waals surface area contributed by atoms with Gasteiger partial charge in [-0.1, -0.05) is 6.92 Å². The van der Waals surface area contributed by atoms with E-state index in [0.29, 0.717) is 12.6 Å². The van der Waals surface area contributed by atoms with E-state index in [2.05, 4.69) is 39.7 Å². The maximum atomic E-state index is 12.4. The average Bonchev–Trinajstić information content (AvgIpc) is 2.49. The predicted molar refractivity (Wildman–Crippen MR) is 88.2 cm³/mol. The standard InChI is InChI=1S/C16H23BrN2O2/c1-4-13-10-19(8-7-18(13)2)11-15(20)12-5-6-16(21-3)14(17)9-12/h5-6,9,13H,4,7-8,10-11H2,1-3H3. The molecule has 1 fully saturated rings. The second-order valence-corrected chi connectivity index (χ2v) is 6.40. The van der Waals surface area contributed by atoms with Crippen LogP contribution in [-0.4, -0.2) is 62.0 Å². The van der Waals surface area contributed by atoms with Crippen molar-refractivity contribution in [2.75, 3.05) is 40.3 Å². The number of rotatable bonds is 5. The van der Waals surface area contributed by atoms with Crippen LogP contribution >= 0.6 is 15.9 Å². The molecule has 0 N–H and O–H groups in total. The molecule has 0 aromatic heterocycles. The van der Waals surface area contributed by atoms with Crippen molar-refractivity contribution in [3.63, 3.8) is 0 Å². The Balaban J connectivity index is 1.99. The molecule has 0 saturated carbocycles. The molecule has 0 radical (unpaired) electrons. The second kappa shape index (κ2) is 7.38. The van der Waals surface area contributed by atoms with Crippen molar-refractivity contribution >= 4 is 21.7 Å². The number of hydrogen-bond donors (Lipinski definition) is 0. The van der Waals surface area contributed by atoms with Gasteiger partial charge in [-0.25, -0.2) is 0 Å². The second-order valence-electron chi connectivity index (χ2n) is 5.55. The lowest BCUT2D eigenvalue weighted by Crippen LogP contribution is -2.52. The summed E-state index contributed by atoms with van der Waals surface area (Å²) < 4.78 is 6.02. The van der Waals surface area contributed by atoms with Crippen molar-refractivity contribution in [2.24, 2.45) is 0 Å². The molecule has 0 spiro atoms. The molecule has 1 saturated heterocycles. The molecule has 0 bridgehead atoms. The zero-order chi connectivity index (χ0) is 15.4. The van der Waals surface area contributed by atoms with Crippen molar-refractivity contribution in [1.29, 1.82) is 0 Å². The summed E-state index contributed by atoms with van der Waals surface area (Å²) in [5.74, 6) is 0.912. The third-order valence-electron chi connectivity index (χ3n) is 4.17. The largest absolute Gasteiger partial charge is 0.496 e. The molecule has 1 heterocycles. The highest BCUT2D eigenvalue weighted by atomic mass is 79.9. The van der Waals surface area contributed by atoms with Crippen molar-refractivity contribution in [1.82, 2.24) is 9.80 Å². The summed E-state index contributed by atoms with van der Waals surface area (Å²) in [5, 5.41) is 0. The molecule has 1 aromatic rings. The first-order valence-corrected chi connectivity index (χ1v) is 8.13. The fraction of sp³-hybridized carbons (Fsp3) is 0.562. The Hall–Kier alpha value is -0.910. The smallest absolute Gasteiger partial charge is 0.176 e. The quantitative estimate of drug-likeness (QED) is 0.761. The van der Waals surface area contributed by atoms with Gasteiger partial charge in [0.05, 0.1) is 18.1 Å². The number of ether oxygens (including phenoxy) is 1. The summed E-state index contributed by atoms with van der Waals surface area (Å²) in [6, 6.07) is 6.05. The lowest BCUT2D eigenvalue weighted by molar-refractivity contribution is 0.0743. The van der Waals surface area contributed by atoms with Gasteiger partial charge in [0.15, 0.2) is 5.78 Å². The van der Waals surface area contributed by atoms with E-state index in [9.17, 15) is 4.79 Å². The Morgan fingerprint density at radius 3 is 2.81 bits per heavy atom. The van der Waals surface area contributed by atoms with E-state index in [1.165, 1.54) is 0 Å². The maximum absolute atomic E-state index is 12.4. The summed E-state index contributed by atoms with van der Waals surface area (Å²) in [6.07, 6.45) is 1.12. The van der Waals surface area contributed by atoms with Crippen LogP contribution in [0, 0.1) is 0 Å². The van der Waals surface area contributed by atoms with Gasteiger partial charge in [-0.15, -0.1) is 0 Å². The Bertz CT molecular complexity index is 507. The Kier molecular flexibility index (Phi) is 5.79. The molecule has 0 aliphatic carbocycles. The summed E-state index contributed by atoms with van der Waals surface area (Å²) >= 11 is 3.43. The van der Waals surface area contributed by atoms with Gasteiger partial charge in [0.25, 0.3) is 0 Å². The van der Waals surface area contributed by atoms with E-state index in [1.807, 2.05) is 18.2 Å². The van der Waals surface area contributed by atoms with Crippen molar-refractivity contribution in [3.05, 3.63) is 28.2 Å². The van der Waals surface area contributed by atoms with E-state index in [-0.39, 0.29) is 5.78 Å². The van der Waals surface area contributed by atoms with E-state index in [4.69, 9.17) is 4.74 Å². The number of halogens is 1. The third kappa shape index (κ3) is 4.05. The molecule has 2 rings (SSSR count). The number of Topliss-reactive ketones (excluding diaryl/α,β-unsaturated/α-hetero) is 1. The van der Waals surface area contributed by atoms with Crippen LogP contribution in [0.15, 0.2) is 22.7 Å². The Labute approximate surface area is 135 Å². The Morgan fingerprint density at radius 2 is 2.19 bits per heavy atom. The van der Waals surface area contributed by atoms with Gasteiger partial charge in [0.2, 0.25) is 0 Å². The van der Waals surface area contributed by atoms with Gasteiger partial charge < -0.3 is 9.64 Å². The number of benzene rings is 1. The summed E-state index contributed by atoms with van der Waals surface area (Å²) in [6.45, 7) is 5.64. The molecule has 21 heavy (non-hydrogen) atoms. The fourth-order valence-electron chi connectivity index (χ4n) is 2.73. The monoisotopic (exact) mass is 354 g/mol. The van der Waals surface area contributed by atoms with E-state index in [0.717, 1.165) is 41.8 Å². The number of piperazine rings is 1. The normalized spacial score (nSPS) is 20.5. The van der Waals surface area contributed by atoms with E-state index >= 15 is 0 Å². The van der Waals surface area contributed by atoms with Gasteiger partial charge in [-0.2, -0.15) is 0 Å². The van der Waals surface area contributed by atoms with Crippen LogP contribution < -0.4 is 4.74 Å².